The number of nitrogens with zero attached hydrogens (tertiary/aromatic N) is 2. The lowest BCUT2D eigenvalue weighted by Crippen LogP contribution is -2.30. The van der Waals surface area contributed by atoms with Gasteiger partial charge in [0.1, 0.15) is 12.1 Å². The molecule has 1 aromatic heterocycles. The number of nitrogens with one attached hydrogen (secondary N) is 2. The van der Waals surface area contributed by atoms with Gasteiger partial charge in [0.25, 0.3) is 5.91 Å². The Morgan fingerprint density at radius 2 is 1.87 bits per heavy atom. The van der Waals surface area contributed by atoms with Crippen molar-refractivity contribution in [1.29, 1.82) is 0 Å². The number of aromatic nitrogens is 2. The van der Waals surface area contributed by atoms with Crippen molar-refractivity contribution < 1.29 is 4.79 Å². The number of benzene rings is 2. The summed E-state index contributed by atoms with van der Waals surface area (Å²) in [5.74, 6) is 0.633. The Bertz CT molecular complexity index is 840. The lowest BCUT2D eigenvalue weighted by molar-refractivity contribution is 0.0943. The van der Waals surface area contributed by atoms with Crippen LogP contribution in [0.3, 0.4) is 0 Å². The van der Waals surface area contributed by atoms with Crippen LogP contribution in [0.15, 0.2) is 54.9 Å². The van der Waals surface area contributed by atoms with E-state index < -0.39 is 0 Å². The molecule has 0 saturated carbocycles. The summed E-state index contributed by atoms with van der Waals surface area (Å²) in [6.07, 6.45) is 1.53. The molecule has 0 aliphatic heterocycles. The molecule has 0 bridgehead atoms. The molecule has 23 heavy (non-hydrogen) atoms. The summed E-state index contributed by atoms with van der Waals surface area (Å²) in [5.41, 5.74) is 2.30. The average molecular weight is 306 g/mol. The van der Waals surface area contributed by atoms with Crippen LogP contribution in [0.2, 0.25) is 0 Å². The smallest absolute Gasteiger partial charge is 0.251 e. The molecule has 0 aliphatic rings. The molecule has 3 aromatic rings. The van der Waals surface area contributed by atoms with E-state index in [4.69, 9.17) is 0 Å². The highest BCUT2D eigenvalue weighted by molar-refractivity contribution is 5.96. The first-order valence-corrected chi connectivity index (χ1v) is 7.51. The van der Waals surface area contributed by atoms with Crippen molar-refractivity contribution in [2.24, 2.45) is 0 Å². The van der Waals surface area contributed by atoms with Crippen molar-refractivity contribution in [1.82, 2.24) is 15.3 Å². The lowest BCUT2D eigenvalue weighted by Gasteiger charge is -2.11. The molecule has 116 valence electrons. The second kappa shape index (κ2) is 6.44. The van der Waals surface area contributed by atoms with Crippen LogP contribution >= 0.6 is 0 Å². The quantitative estimate of drug-likeness (QED) is 0.774. The van der Waals surface area contributed by atoms with Gasteiger partial charge in [-0.2, -0.15) is 0 Å². The van der Waals surface area contributed by atoms with Crippen molar-refractivity contribution in [2.75, 3.05) is 5.32 Å². The van der Waals surface area contributed by atoms with Gasteiger partial charge in [0, 0.05) is 22.7 Å². The van der Waals surface area contributed by atoms with Gasteiger partial charge in [-0.3, -0.25) is 4.79 Å². The van der Waals surface area contributed by atoms with Gasteiger partial charge in [0.05, 0.1) is 5.52 Å². The Hall–Kier alpha value is -2.95. The first-order chi connectivity index (χ1) is 11.1. The standard InChI is InChI=1S/C18H18N4O/c1-12(2)21-18(23)13-6-5-7-14(10-13)22-17-15-8-3-4-9-16(15)19-11-20-17/h3-12H,1-2H3,(H,21,23)(H,19,20,22). The molecule has 0 atom stereocenters. The van der Waals surface area contributed by atoms with Gasteiger partial charge in [-0.1, -0.05) is 18.2 Å². The summed E-state index contributed by atoms with van der Waals surface area (Å²) in [6.45, 7) is 3.88. The van der Waals surface area contributed by atoms with Crippen LogP contribution in [0.25, 0.3) is 10.9 Å². The Balaban J connectivity index is 1.89. The number of rotatable bonds is 4. The van der Waals surface area contributed by atoms with Crippen LogP contribution in [0.5, 0.6) is 0 Å². The van der Waals surface area contributed by atoms with E-state index in [-0.39, 0.29) is 11.9 Å². The van der Waals surface area contributed by atoms with Crippen LogP contribution in [-0.4, -0.2) is 21.9 Å². The number of hydrogen-bond donors (Lipinski definition) is 2. The fraction of sp³-hybridized carbons (Fsp3) is 0.167. The molecule has 0 saturated heterocycles. The zero-order valence-corrected chi connectivity index (χ0v) is 13.1. The average Bonchev–Trinajstić information content (AvgIpc) is 2.55. The largest absolute Gasteiger partial charge is 0.350 e. The fourth-order valence-electron chi connectivity index (χ4n) is 2.32. The van der Waals surface area contributed by atoms with Gasteiger partial charge in [-0.25, -0.2) is 9.97 Å². The molecule has 5 heteroatoms. The maximum atomic E-state index is 12.1. The maximum Gasteiger partial charge on any atom is 0.251 e. The molecular weight excluding hydrogens is 288 g/mol. The second-order valence-corrected chi connectivity index (χ2v) is 5.57. The highest BCUT2D eigenvalue weighted by atomic mass is 16.1. The molecule has 0 radical (unpaired) electrons. The summed E-state index contributed by atoms with van der Waals surface area (Å²) in [4.78, 5) is 20.7. The minimum atomic E-state index is -0.0869. The van der Waals surface area contributed by atoms with Crippen LogP contribution in [0.4, 0.5) is 11.5 Å². The van der Waals surface area contributed by atoms with E-state index in [1.165, 1.54) is 6.33 Å². The molecule has 0 aliphatic carbocycles. The third-order valence-electron chi connectivity index (χ3n) is 3.35. The number of carbonyl (C=O) groups is 1. The number of fused-ring (bicyclic) bond motifs is 1. The molecule has 0 spiro atoms. The Morgan fingerprint density at radius 1 is 1.04 bits per heavy atom. The monoisotopic (exact) mass is 306 g/mol. The summed E-state index contributed by atoms with van der Waals surface area (Å²) >= 11 is 0. The van der Waals surface area contributed by atoms with Crippen molar-refractivity contribution in [3.8, 4) is 0 Å². The number of para-hydroxylation sites is 1. The lowest BCUT2D eigenvalue weighted by atomic mass is 10.1. The van der Waals surface area contributed by atoms with Gasteiger partial charge in [0.15, 0.2) is 0 Å². The first kappa shape index (κ1) is 15.0. The fourth-order valence-corrected chi connectivity index (χ4v) is 2.32. The highest BCUT2D eigenvalue weighted by Crippen LogP contribution is 2.23. The molecule has 0 fully saturated rings. The number of carbonyl (C=O) groups excluding carboxylic acids is 1. The van der Waals surface area contributed by atoms with Gasteiger partial charge in [-0.15, -0.1) is 0 Å². The SMILES string of the molecule is CC(C)NC(=O)c1cccc(Nc2ncnc3ccccc23)c1. The third-order valence-corrected chi connectivity index (χ3v) is 3.35. The minimum absolute atomic E-state index is 0.0869. The van der Waals surface area contributed by atoms with Crippen molar-refractivity contribution in [3.63, 3.8) is 0 Å². The molecule has 0 unspecified atom stereocenters. The summed E-state index contributed by atoms with van der Waals surface area (Å²) in [7, 11) is 0. The number of anilines is 2. The van der Waals surface area contributed by atoms with Gasteiger partial charge in [-0.05, 0) is 44.2 Å². The molecule has 2 aromatic carbocycles. The molecule has 3 rings (SSSR count). The topological polar surface area (TPSA) is 66.9 Å². The van der Waals surface area contributed by atoms with E-state index in [1.807, 2.05) is 56.3 Å². The predicted molar refractivity (Wildman–Crippen MR) is 91.9 cm³/mol. The summed E-state index contributed by atoms with van der Waals surface area (Å²) in [6, 6.07) is 15.3. The Morgan fingerprint density at radius 3 is 2.70 bits per heavy atom. The van der Waals surface area contributed by atoms with Gasteiger partial charge in [0.2, 0.25) is 0 Å². The minimum Gasteiger partial charge on any atom is -0.350 e. The molecule has 1 heterocycles. The van der Waals surface area contributed by atoms with Crippen molar-refractivity contribution >= 4 is 28.3 Å². The molecule has 5 nitrogen and oxygen atoms in total. The van der Waals surface area contributed by atoms with Crippen molar-refractivity contribution in [3.05, 3.63) is 60.4 Å². The van der Waals surface area contributed by atoms with E-state index in [1.54, 1.807) is 6.07 Å². The van der Waals surface area contributed by atoms with Gasteiger partial charge < -0.3 is 10.6 Å². The predicted octanol–water partition coefficient (Wildman–Crippen LogP) is 3.51. The van der Waals surface area contributed by atoms with Crippen LogP contribution < -0.4 is 10.6 Å². The van der Waals surface area contributed by atoms with E-state index >= 15 is 0 Å². The molecule has 2 N–H and O–H groups in total. The molecular formula is C18H18N4O. The summed E-state index contributed by atoms with van der Waals surface area (Å²) < 4.78 is 0. The highest BCUT2D eigenvalue weighted by Gasteiger charge is 2.08. The normalized spacial score (nSPS) is 10.7. The van der Waals surface area contributed by atoms with E-state index in [0.29, 0.717) is 5.56 Å². The Kier molecular flexibility index (Phi) is 4.19. The maximum absolute atomic E-state index is 12.1. The van der Waals surface area contributed by atoms with Crippen LogP contribution in [0.1, 0.15) is 24.2 Å². The molecule has 1 amide bonds. The van der Waals surface area contributed by atoms with Gasteiger partial charge >= 0.3 is 0 Å². The number of hydrogen-bond acceptors (Lipinski definition) is 4. The van der Waals surface area contributed by atoms with E-state index in [9.17, 15) is 4.79 Å². The number of amides is 1. The first-order valence-electron chi connectivity index (χ1n) is 7.51. The Labute approximate surface area is 134 Å². The van der Waals surface area contributed by atoms with Crippen molar-refractivity contribution in [2.45, 2.75) is 19.9 Å². The van der Waals surface area contributed by atoms with Crippen LogP contribution in [-0.2, 0) is 0 Å². The third kappa shape index (κ3) is 3.45. The van der Waals surface area contributed by atoms with E-state index in [0.717, 1.165) is 22.4 Å². The zero-order chi connectivity index (χ0) is 16.2. The summed E-state index contributed by atoms with van der Waals surface area (Å²) in [5, 5.41) is 7.09. The zero-order valence-electron chi connectivity index (χ0n) is 13.1. The second-order valence-electron chi connectivity index (χ2n) is 5.57. The van der Waals surface area contributed by atoms with Crippen LogP contribution in [0, 0.1) is 0 Å². The van der Waals surface area contributed by atoms with E-state index in [2.05, 4.69) is 20.6 Å².